The molecule has 2 atom stereocenters. The zero-order valence-corrected chi connectivity index (χ0v) is 50.0. The highest BCUT2D eigenvalue weighted by molar-refractivity contribution is 5.70. The van der Waals surface area contributed by atoms with Crippen molar-refractivity contribution in [1.29, 1.82) is 0 Å². The first-order valence-electron chi connectivity index (χ1n) is 32.3. The fourth-order valence-corrected chi connectivity index (χ4v) is 9.77. The number of carboxylic acids is 1. The standard InChI is InChI=1S/C65H125NO8/c1-6-8-10-12-14-16-18-20-22-23-24-25-26-27-28-29-30-31-32-33-34-35-36-37-38-39-40-42-43-45-47-49-51-53-55-62(67)72-59-61(60-73-65(64(69)70)71-58-57-66(3,4)5)74-63(68)56-54-52-50-48-46-44-41-21-19-17-15-13-11-9-7-2/h21,41,61,65H,6-20,22-40,42-60H2,1-5H3/b41-21-. The Hall–Kier alpha value is -1.97. The zero-order valence-electron chi connectivity index (χ0n) is 50.0. The van der Waals surface area contributed by atoms with Crippen LogP contribution in [0, 0.1) is 0 Å². The first-order valence-corrected chi connectivity index (χ1v) is 32.3. The quantitative estimate of drug-likeness (QED) is 0.0195. The van der Waals surface area contributed by atoms with E-state index in [2.05, 4.69) is 26.0 Å². The largest absolute Gasteiger partial charge is 0.545 e. The number of likely N-dealkylation sites (N-methyl/N-ethyl adjacent to an activating group) is 1. The molecule has 0 aliphatic carbocycles. The molecule has 2 unspecified atom stereocenters. The maximum absolute atomic E-state index is 12.8. The molecule has 0 amide bonds. The van der Waals surface area contributed by atoms with Crippen molar-refractivity contribution >= 4 is 17.9 Å². The number of unbranched alkanes of at least 4 members (excludes halogenated alkanes) is 44. The van der Waals surface area contributed by atoms with Gasteiger partial charge in [0.15, 0.2) is 12.4 Å². The van der Waals surface area contributed by atoms with Gasteiger partial charge < -0.3 is 33.3 Å². The highest BCUT2D eigenvalue weighted by atomic mass is 16.7. The van der Waals surface area contributed by atoms with Crippen LogP contribution in [0.5, 0.6) is 0 Å². The van der Waals surface area contributed by atoms with E-state index in [-0.39, 0.29) is 32.2 Å². The molecule has 0 aromatic rings. The van der Waals surface area contributed by atoms with Crippen molar-refractivity contribution in [2.75, 3.05) is 47.5 Å². The second-order valence-corrected chi connectivity index (χ2v) is 23.4. The van der Waals surface area contributed by atoms with Gasteiger partial charge >= 0.3 is 11.9 Å². The number of quaternary nitrogens is 1. The number of carboxylic acid groups (broad SMARTS) is 1. The van der Waals surface area contributed by atoms with Crippen molar-refractivity contribution in [3.8, 4) is 0 Å². The number of rotatable bonds is 61. The molecule has 0 rings (SSSR count). The van der Waals surface area contributed by atoms with E-state index in [1.54, 1.807) is 0 Å². The lowest BCUT2D eigenvalue weighted by atomic mass is 10.0. The predicted octanol–water partition coefficient (Wildman–Crippen LogP) is 18.0. The number of carbonyl (C=O) groups is 3. The summed E-state index contributed by atoms with van der Waals surface area (Å²) >= 11 is 0. The minimum absolute atomic E-state index is 0.150. The van der Waals surface area contributed by atoms with E-state index in [1.807, 2.05) is 21.1 Å². The summed E-state index contributed by atoms with van der Waals surface area (Å²) in [4.78, 5) is 37.3. The Balaban J connectivity index is 3.97. The van der Waals surface area contributed by atoms with Crippen molar-refractivity contribution in [1.82, 2.24) is 0 Å². The first-order chi connectivity index (χ1) is 36.1. The van der Waals surface area contributed by atoms with Gasteiger partial charge in [-0.3, -0.25) is 9.59 Å². The fraction of sp³-hybridized carbons (Fsp3) is 0.923. The van der Waals surface area contributed by atoms with Gasteiger partial charge in [-0.05, 0) is 38.5 Å². The van der Waals surface area contributed by atoms with Crippen molar-refractivity contribution in [2.24, 2.45) is 0 Å². The van der Waals surface area contributed by atoms with Crippen LogP contribution < -0.4 is 5.11 Å². The molecule has 0 saturated carbocycles. The molecular formula is C65H125NO8. The van der Waals surface area contributed by atoms with Gasteiger partial charge in [0.2, 0.25) is 0 Å². The van der Waals surface area contributed by atoms with E-state index in [0.717, 1.165) is 51.4 Å². The van der Waals surface area contributed by atoms with E-state index in [9.17, 15) is 19.5 Å². The van der Waals surface area contributed by atoms with Crippen LogP contribution in [0.15, 0.2) is 12.2 Å². The molecule has 0 radical (unpaired) electrons. The van der Waals surface area contributed by atoms with Crippen LogP contribution in [0.1, 0.15) is 328 Å². The molecule has 9 nitrogen and oxygen atoms in total. The average molecular weight is 1050 g/mol. The smallest absolute Gasteiger partial charge is 0.306 e. The molecule has 0 aliphatic heterocycles. The number of hydrogen-bond donors (Lipinski definition) is 0. The van der Waals surface area contributed by atoms with Gasteiger partial charge in [-0.25, -0.2) is 0 Å². The normalized spacial score (nSPS) is 12.7. The summed E-state index contributed by atoms with van der Waals surface area (Å²) in [6.07, 6.45) is 64.5. The molecule has 0 spiro atoms. The Kier molecular flexibility index (Phi) is 55.7. The van der Waals surface area contributed by atoms with Gasteiger partial charge in [0.25, 0.3) is 0 Å². The van der Waals surface area contributed by atoms with E-state index >= 15 is 0 Å². The van der Waals surface area contributed by atoms with Crippen LogP contribution in [-0.4, -0.2) is 82.3 Å². The maximum atomic E-state index is 12.8. The zero-order chi connectivity index (χ0) is 54.1. The van der Waals surface area contributed by atoms with Gasteiger partial charge in [0, 0.05) is 12.8 Å². The number of aliphatic carboxylic acids is 1. The highest BCUT2D eigenvalue weighted by Crippen LogP contribution is 2.18. The summed E-state index contributed by atoms with van der Waals surface area (Å²) < 4.78 is 22.7. The molecule has 0 aromatic heterocycles. The number of carbonyl (C=O) groups excluding carboxylic acids is 3. The van der Waals surface area contributed by atoms with Gasteiger partial charge in [0.1, 0.15) is 13.2 Å². The van der Waals surface area contributed by atoms with Crippen LogP contribution in [0.25, 0.3) is 0 Å². The molecular weight excluding hydrogens is 923 g/mol. The fourth-order valence-electron chi connectivity index (χ4n) is 9.77. The minimum Gasteiger partial charge on any atom is -0.545 e. The van der Waals surface area contributed by atoms with E-state index in [1.165, 1.54) is 244 Å². The minimum atomic E-state index is -1.62. The second kappa shape index (κ2) is 57.2. The lowest BCUT2D eigenvalue weighted by Crippen LogP contribution is -2.44. The van der Waals surface area contributed by atoms with Gasteiger partial charge in [-0.1, -0.05) is 289 Å². The third-order valence-corrected chi connectivity index (χ3v) is 14.8. The number of nitrogens with zero attached hydrogens (tertiary/aromatic N) is 1. The monoisotopic (exact) mass is 1050 g/mol. The Labute approximate surface area is 459 Å². The van der Waals surface area contributed by atoms with Crippen LogP contribution in [-0.2, 0) is 33.3 Å². The second-order valence-electron chi connectivity index (χ2n) is 23.4. The Morgan fingerprint density at radius 3 is 1.00 bits per heavy atom. The molecule has 438 valence electrons. The summed E-state index contributed by atoms with van der Waals surface area (Å²) in [5, 5.41) is 11.8. The lowest BCUT2D eigenvalue weighted by molar-refractivity contribution is -0.870. The Bertz CT molecular complexity index is 1220. The van der Waals surface area contributed by atoms with Gasteiger partial charge in [-0.2, -0.15) is 0 Å². The Morgan fingerprint density at radius 1 is 0.392 bits per heavy atom. The summed E-state index contributed by atoms with van der Waals surface area (Å²) in [7, 11) is 5.93. The van der Waals surface area contributed by atoms with Crippen LogP contribution in [0.3, 0.4) is 0 Å². The molecule has 0 aliphatic rings. The maximum Gasteiger partial charge on any atom is 0.306 e. The predicted molar refractivity (Wildman–Crippen MR) is 311 cm³/mol. The molecule has 0 N–H and O–H groups in total. The third kappa shape index (κ3) is 57.7. The van der Waals surface area contributed by atoms with Gasteiger partial charge in [-0.15, -0.1) is 0 Å². The SMILES string of the molecule is CCCCCCCC/C=C\CCCCCCCC(=O)OC(COC(=O)CCCCCCCCCCCCCCCCCCCCCCCCCCCCCCCCCCCC)COC(OCC[N+](C)(C)C)C(=O)[O-]. The van der Waals surface area contributed by atoms with Crippen LogP contribution >= 0.6 is 0 Å². The van der Waals surface area contributed by atoms with Crippen LogP contribution in [0.2, 0.25) is 0 Å². The topological polar surface area (TPSA) is 111 Å². The number of esters is 2. The van der Waals surface area contributed by atoms with Crippen molar-refractivity contribution < 1.29 is 42.9 Å². The number of ether oxygens (including phenoxy) is 4. The molecule has 9 heteroatoms. The van der Waals surface area contributed by atoms with E-state index < -0.39 is 24.3 Å². The van der Waals surface area contributed by atoms with Crippen molar-refractivity contribution in [2.45, 2.75) is 341 Å². The van der Waals surface area contributed by atoms with Crippen LogP contribution in [0.4, 0.5) is 0 Å². The highest BCUT2D eigenvalue weighted by Gasteiger charge is 2.22. The summed E-state index contributed by atoms with van der Waals surface area (Å²) in [5.74, 6) is -2.27. The lowest BCUT2D eigenvalue weighted by Gasteiger charge is -2.26. The molecule has 0 fully saturated rings. The number of hydrogen-bond acceptors (Lipinski definition) is 8. The van der Waals surface area contributed by atoms with Gasteiger partial charge in [0.05, 0.1) is 40.3 Å². The summed E-state index contributed by atoms with van der Waals surface area (Å²) in [6.45, 7) is 4.79. The molecule has 0 saturated heterocycles. The van der Waals surface area contributed by atoms with E-state index in [0.29, 0.717) is 23.9 Å². The summed E-state index contributed by atoms with van der Waals surface area (Å²) in [5.41, 5.74) is 0. The number of allylic oxidation sites excluding steroid dienone is 2. The van der Waals surface area contributed by atoms with E-state index in [4.69, 9.17) is 18.9 Å². The third-order valence-electron chi connectivity index (χ3n) is 14.8. The molecule has 0 aromatic carbocycles. The first kappa shape index (κ1) is 72.0. The molecule has 0 heterocycles. The molecule has 0 bridgehead atoms. The van der Waals surface area contributed by atoms with Crippen molar-refractivity contribution in [3.63, 3.8) is 0 Å². The average Bonchev–Trinajstić information content (AvgIpc) is 3.37. The Morgan fingerprint density at radius 2 is 0.689 bits per heavy atom. The molecule has 74 heavy (non-hydrogen) atoms. The van der Waals surface area contributed by atoms with Crippen molar-refractivity contribution in [3.05, 3.63) is 12.2 Å². The summed E-state index contributed by atoms with van der Waals surface area (Å²) in [6, 6.07) is 0.